The third-order valence-corrected chi connectivity index (χ3v) is 2.85. The van der Waals surface area contributed by atoms with Crippen LogP contribution < -0.4 is 5.73 Å². The summed E-state index contributed by atoms with van der Waals surface area (Å²) < 4.78 is 5.06. The highest BCUT2D eigenvalue weighted by atomic mass is 16.5. The van der Waals surface area contributed by atoms with Gasteiger partial charge in [-0.3, -0.25) is 4.79 Å². The predicted octanol–water partition coefficient (Wildman–Crippen LogP) is -0.912. The molecule has 1 aliphatic rings. The number of carbonyl (C=O) groups excluding carboxylic acids is 2. The Morgan fingerprint density at radius 3 is 2.58 bits per heavy atom. The van der Waals surface area contributed by atoms with Gasteiger partial charge in [-0.1, -0.05) is 0 Å². The van der Waals surface area contributed by atoms with Crippen LogP contribution in [-0.2, 0) is 14.3 Å². The van der Waals surface area contributed by atoms with Crippen molar-refractivity contribution in [2.75, 3.05) is 26.3 Å². The summed E-state index contributed by atoms with van der Waals surface area (Å²) in [6.45, 7) is 3.63. The number of urea groups is 1. The molecule has 1 saturated heterocycles. The van der Waals surface area contributed by atoms with Crippen molar-refractivity contribution in [2.24, 2.45) is 5.73 Å². The lowest BCUT2D eigenvalue weighted by atomic mass is 10.2. The van der Waals surface area contributed by atoms with Crippen LogP contribution in [0.25, 0.3) is 0 Å². The van der Waals surface area contributed by atoms with E-state index in [4.69, 9.17) is 15.6 Å². The van der Waals surface area contributed by atoms with Crippen molar-refractivity contribution < 1.29 is 24.2 Å². The van der Waals surface area contributed by atoms with Gasteiger partial charge in [-0.05, 0) is 13.8 Å². The van der Waals surface area contributed by atoms with Gasteiger partial charge in [-0.25, -0.2) is 9.59 Å². The first-order valence-corrected chi connectivity index (χ1v) is 6.00. The Bertz CT molecular complexity index is 371. The number of primary amides is 1. The van der Waals surface area contributed by atoms with Gasteiger partial charge in [0.25, 0.3) is 0 Å². The monoisotopic (exact) mass is 273 g/mol. The molecule has 3 N–H and O–H groups in total. The fraction of sp³-hybridized carbons (Fsp3) is 0.727. The van der Waals surface area contributed by atoms with Crippen molar-refractivity contribution in [1.82, 2.24) is 9.80 Å². The molecule has 108 valence electrons. The fourth-order valence-electron chi connectivity index (χ4n) is 1.84. The van der Waals surface area contributed by atoms with Gasteiger partial charge in [0.2, 0.25) is 5.91 Å². The number of aliphatic carboxylic acids is 1. The number of carboxylic acid groups (broad SMARTS) is 1. The number of nitrogens with zero attached hydrogens (tertiary/aromatic N) is 2. The van der Waals surface area contributed by atoms with E-state index in [1.165, 1.54) is 9.80 Å². The number of carboxylic acids is 1. The molecule has 0 aromatic rings. The molecular weight excluding hydrogens is 254 g/mol. The summed E-state index contributed by atoms with van der Waals surface area (Å²) in [5, 5.41) is 9.08. The van der Waals surface area contributed by atoms with Crippen LogP contribution in [0.4, 0.5) is 4.79 Å². The molecule has 0 saturated carbocycles. The van der Waals surface area contributed by atoms with E-state index < -0.39 is 23.9 Å². The molecule has 1 rings (SSSR count). The molecule has 1 unspecified atom stereocenters. The molecule has 3 amide bonds. The van der Waals surface area contributed by atoms with Gasteiger partial charge in [-0.2, -0.15) is 0 Å². The second kappa shape index (κ2) is 6.37. The van der Waals surface area contributed by atoms with E-state index in [2.05, 4.69) is 0 Å². The highest BCUT2D eigenvalue weighted by Crippen LogP contribution is 2.12. The molecular formula is C11H19N3O5. The normalized spacial score (nSPS) is 19.3. The molecule has 8 heteroatoms. The maximum Gasteiger partial charge on any atom is 0.328 e. The summed E-state index contributed by atoms with van der Waals surface area (Å²) in [7, 11) is 0. The lowest BCUT2D eigenvalue weighted by molar-refractivity contribution is -0.147. The summed E-state index contributed by atoms with van der Waals surface area (Å²) in [4.78, 5) is 36.9. The van der Waals surface area contributed by atoms with E-state index in [1.54, 1.807) is 13.8 Å². The van der Waals surface area contributed by atoms with Crippen LogP contribution in [0.2, 0.25) is 0 Å². The van der Waals surface area contributed by atoms with Crippen LogP contribution in [0.15, 0.2) is 0 Å². The minimum Gasteiger partial charge on any atom is -0.480 e. The zero-order chi connectivity index (χ0) is 14.6. The summed E-state index contributed by atoms with van der Waals surface area (Å²) in [6, 6.07) is -1.79. The van der Waals surface area contributed by atoms with Crippen LogP contribution >= 0.6 is 0 Å². The minimum atomic E-state index is -1.13. The van der Waals surface area contributed by atoms with E-state index in [0.29, 0.717) is 0 Å². The molecule has 1 aliphatic heterocycles. The number of amides is 3. The number of nitrogens with two attached hydrogens (primary N) is 1. The van der Waals surface area contributed by atoms with Gasteiger partial charge in [0.1, 0.15) is 6.54 Å². The molecule has 1 atom stereocenters. The number of carbonyl (C=O) groups is 3. The van der Waals surface area contributed by atoms with Gasteiger partial charge in [0, 0.05) is 12.6 Å². The molecule has 0 aromatic carbocycles. The van der Waals surface area contributed by atoms with Crippen LogP contribution in [0.3, 0.4) is 0 Å². The first kappa shape index (κ1) is 15.2. The maximum atomic E-state index is 12.3. The third-order valence-electron chi connectivity index (χ3n) is 2.85. The van der Waals surface area contributed by atoms with Gasteiger partial charge >= 0.3 is 12.0 Å². The highest BCUT2D eigenvalue weighted by Gasteiger charge is 2.36. The lowest BCUT2D eigenvalue weighted by Gasteiger charge is -2.37. The second-order valence-corrected chi connectivity index (χ2v) is 4.59. The second-order valence-electron chi connectivity index (χ2n) is 4.59. The van der Waals surface area contributed by atoms with Crippen molar-refractivity contribution >= 4 is 17.9 Å². The Balaban J connectivity index is 2.87. The van der Waals surface area contributed by atoms with Crippen LogP contribution in [0, 0.1) is 0 Å². The average Bonchev–Trinajstić information content (AvgIpc) is 2.34. The van der Waals surface area contributed by atoms with Crippen molar-refractivity contribution in [3.8, 4) is 0 Å². The molecule has 1 heterocycles. The topological polar surface area (TPSA) is 113 Å². The molecule has 0 radical (unpaired) electrons. The number of ether oxygens (including phenoxy) is 1. The SMILES string of the molecule is CC(C)N(CC(N)=O)C(=O)N1CCOCC1C(=O)O. The number of morpholine rings is 1. The molecule has 0 aliphatic carbocycles. The summed E-state index contributed by atoms with van der Waals surface area (Å²) in [6.07, 6.45) is 0. The Hall–Kier alpha value is -1.83. The Labute approximate surface area is 111 Å². The first-order chi connectivity index (χ1) is 8.84. The van der Waals surface area contributed by atoms with Crippen molar-refractivity contribution in [3.05, 3.63) is 0 Å². The van der Waals surface area contributed by atoms with Crippen LogP contribution in [0.5, 0.6) is 0 Å². The Kier molecular flexibility index (Phi) is 5.11. The number of rotatable bonds is 4. The van der Waals surface area contributed by atoms with Gasteiger partial charge in [-0.15, -0.1) is 0 Å². The quantitative estimate of drug-likeness (QED) is 0.688. The van der Waals surface area contributed by atoms with Crippen LogP contribution in [0.1, 0.15) is 13.8 Å². The van der Waals surface area contributed by atoms with E-state index in [0.717, 1.165) is 0 Å². The largest absolute Gasteiger partial charge is 0.480 e. The number of hydrogen-bond acceptors (Lipinski definition) is 4. The average molecular weight is 273 g/mol. The smallest absolute Gasteiger partial charge is 0.328 e. The summed E-state index contributed by atoms with van der Waals surface area (Å²) in [5.41, 5.74) is 5.10. The van der Waals surface area contributed by atoms with E-state index in [-0.39, 0.29) is 32.3 Å². The summed E-state index contributed by atoms with van der Waals surface area (Å²) in [5.74, 6) is -1.77. The molecule has 0 aromatic heterocycles. The van der Waals surface area contributed by atoms with Crippen molar-refractivity contribution in [2.45, 2.75) is 25.9 Å². The summed E-state index contributed by atoms with van der Waals surface area (Å²) >= 11 is 0. The van der Waals surface area contributed by atoms with Crippen molar-refractivity contribution in [3.63, 3.8) is 0 Å². The van der Waals surface area contributed by atoms with E-state index in [1.807, 2.05) is 0 Å². The fourth-order valence-corrected chi connectivity index (χ4v) is 1.84. The first-order valence-electron chi connectivity index (χ1n) is 6.00. The van der Waals surface area contributed by atoms with Gasteiger partial charge < -0.3 is 25.4 Å². The minimum absolute atomic E-state index is 0.0520. The molecule has 19 heavy (non-hydrogen) atoms. The number of hydrogen-bond donors (Lipinski definition) is 2. The van der Waals surface area contributed by atoms with E-state index >= 15 is 0 Å². The zero-order valence-electron chi connectivity index (χ0n) is 11.0. The molecule has 1 fully saturated rings. The third kappa shape index (κ3) is 3.82. The Morgan fingerprint density at radius 2 is 2.11 bits per heavy atom. The highest BCUT2D eigenvalue weighted by molar-refractivity contribution is 5.86. The Morgan fingerprint density at radius 1 is 1.47 bits per heavy atom. The van der Waals surface area contributed by atoms with Gasteiger partial charge in [0.05, 0.1) is 13.2 Å². The molecule has 0 bridgehead atoms. The lowest BCUT2D eigenvalue weighted by Crippen LogP contribution is -2.58. The van der Waals surface area contributed by atoms with Crippen molar-refractivity contribution in [1.29, 1.82) is 0 Å². The predicted molar refractivity (Wildman–Crippen MR) is 65.4 cm³/mol. The van der Waals surface area contributed by atoms with Crippen LogP contribution in [-0.4, -0.2) is 71.2 Å². The molecule has 8 nitrogen and oxygen atoms in total. The molecule has 0 spiro atoms. The zero-order valence-corrected chi connectivity index (χ0v) is 11.0. The standard InChI is InChI=1S/C11H19N3O5/c1-7(2)14(5-9(12)15)11(18)13-3-4-19-6-8(13)10(16)17/h7-8H,3-6H2,1-2H3,(H2,12,15)(H,16,17). The van der Waals surface area contributed by atoms with Gasteiger partial charge in [0.15, 0.2) is 6.04 Å². The maximum absolute atomic E-state index is 12.3. The van der Waals surface area contributed by atoms with E-state index in [9.17, 15) is 14.4 Å².